The highest BCUT2D eigenvalue weighted by Gasteiger charge is 2.18. The van der Waals surface area contributed by atoms with Crippen LogP contribution in [0.1, 0.15) is 20.3 Å². The van der Waals surface area contributed by atoms with Crippen LogP contribution < -0.4 is 5.32 Å². The molecule has 0 amide bonds. The van der Waals surface area contributed by atoms with Crippen molar-refractivity contribution in [3.8, 4) is 0 Å². The van der Waals surface area contributed by atoms with Gasteiger partial charge < -0.3 is 10.4 Å². The van der Waals surface area contributed by atoms with E-state index in [0.29, 0.717) is 12.2 Å². The van der Waals surface area contributed by atoms with Crippen molar-refractivity contribution >= 4 is 23.4 Å². The van der Waals surface area contributed by atoms with Gasteiger partial charge >= 0.3 is 5.97 Å². The molecule has 1 aromatic heterocycles. The molecule has 0 aromatic carbocycles. The smallest absolute Gasteiger partial charge is 0.326 e. The van der Waals surface area contributed by atoms with Crippen LogP contribution in [0.5, 0.6) is 0 Å². The van der Waals surface area contributed by atoms with Crippen molar-refractivity contribution in [1.29, 1.82) is 0 Å². The van der Waals surface area contributed by atoms with E-state index in [4.69, 9.17) is 16.7 Å². The number of carboxylic acid groups (broad SMARTS) is 1. The summed E-state index contributed by atoms with van der Waals surface area (Å²) in [5.41, 5.74) is 0. The zero-order valence-electron chi connectivity index (χ0n) is 9.14. The van der Waals surface area contributed by atoms with Crippen molar-refractivity contribution in [3.63, 3.8) is 0 Å². The second-order valence-corrected chi connectivity index (χ2v) is 4.28. The molecule has 0 spiro atoms. The molecule has 0 radical (unpaired) electrons. The Bertz CT molecular complexity index is 371. The van der Waals surface area contributed by atoms with Crippen LogP contribution in [-0.2, 0) is 4.79 Å². The standard InChI is InChI=1S/C10H14ClN3O2/c1-6(2)3-7(10(15)16)14-9-4-8(11)12-5-13-9/h4-7H,3H2,1-2H3,(H,15,16)(H,12,13,14)/t7-/m0/s1. The SMILES string of the molecule is CC(C)C[C@H](Nc1cc(Cl)ncn1)C(=O)O. The Morgan fingerprint density at radius 2 is 2.25 bits per heavy atom. The molecule has 0 aliphatic carbocycles. The van der Waals surface area contributed by atoms with Gasteiger partial charge in [0.15, 0.2) is 0 Å². The van der Waals surface area contributed by atoms with Gasteiger partial charge in [0.2, 0.25) is 0 Å². The monoisotopic (exact) mass is 243 g/mol. The minimum Gasteiger partial charge on any atom is -0.480 e. The number of carbonyl (C=O) groups is 1. The van der Waals surface area contributed by atoms with Gasteiger partial charge in [-0.05, 0) is 12.3 Å². The first-order valence-corrected chi connectivity index (χ1v) is 5.33. The lowest BCUT2D eigenvalue weighted by Crippen LogP contribution is -2.31. The van der Waals surface area contributed by atoms with Crippen LogP contribution in [0.3, 0.4) is 0 Å². The molecule has 0 unspecified atom stereocenters. The van der Waals surface area contributed by atoms with Crippen molar-refractivity contribution in [1.82, 2.24) is 9.97 Å². The summed E-state index contributed by atoms with van der Waals surface area (Å²) in [5, 5.41) is 12.1. The Kier molecular flexibility index (Phi) is 4.49. The van der Waals surface area contributed by atoms with E-state index in [-0.39, 0.29) is 11.1 Å². The number of hydrogen-bond donors (Lipinski definition) is 2. The lowest BCUT2D eigenvalue weighted by Gasteiger charge is -2.16. The average molecular weight is 244 g/mol. The number of aromatic nitrogens is 2. The van der Waals surface area contributed by atoms with Crippen LogP contribution in [-0.4, -0.2) is 27.1 Å². The van der Waals surface area contributed by atoms with Crippen LogP contribution >= 0.6 is 11.6 Å². The predicted molar refractivity (Wildman–Crippen MR) is 61.5 cm³/mol. The number of nitrogens with one attached hydrogen (secondary N) is 1. The Labute approximate surface area is 98.9 Å². The van der Waals surface area contributed by atoms with Crippen LogP contribution in [0.15, 0.2) is 12.4 Å². The summed E-state index contributed by atoms with van der Waals surface area (Å²) in [4.78, 5) is 18.6. The first-order chi connectivity index (χ1) is 7.49. The summed E-state index contributed by atoms with van der Waals surface area (Å²) in [5.74, 6) is -0.192. The molecule has 6 heteroatoms. The van der Waals surface area contributed by atoms with Crippen LogP contribution in [0.25, 0.3) is 0 Å². The fraction of sp³-hybridized carbons (Fsp3) is 0.500. The van der Waals surface area contributed by atoms with Gasteiger partial charge in [0.05, 0.1) is 0 Å². The third-order valence-electron chi connectivity index (χ3n) is 1.96. The van der Waals surface area contributed by atoms with E-state index in [1.807, 2.05) is 13.8 Å². The maximum absolute atomic E-state index is 11.0. The molecule has 2 N–H and O–H groups in total. The molecule has 0 saturated heterocycles. The van der Waals surface area contributed by atoms with E-state index in [9.17, 15) is 4.79 Å². The van der Waals surface area contributed by atoms with E-state index in [0.717, 1.165) is 0 Å². The van der Waals surface area contributed by atoms with Gasteiger partial charge in [0.1, 0.15) is 23.3 Å². The van der Waals surface area contributed by atoms with Gasteiger partial charge in [-0.2, -0.15) is 0 Å². The summed E-state index contributed by atoms with van der Waals surface area (Å²) in [6.45, 7) is 3.93. The highest BCUT2D eigenvalue weighted by molar-refractivity contribution is 6.29. The Balaban J connectivity index is 2.71. The normalized spacial score (nSPS) is 12.5. The predicted octanol–water partition coefficient (Wildman–Crippen LogP) is 2.04. The van der Waals surface area contributed by atoms with Crippen molar-refractivity contribution in [2.75, 3.05) is 5.32 Å². The molecule has 0 aliphatic heterocycles. The maximum Gasteiger partial charge on any atom is 0.326 e. The maximum atomic E-state index is 11.0. The van der Waals surface area contributed by atoms with E-state index in [1.54, 1.807) is 0 Å². The van der Waals surface area contributed by atoms with Gasteiger partial charge in [-0.25, -0.2) is 14.8 Å². The lowest BCUT2D eigenvalue weighted by molar-refractivity contribution is -0.138. The number of hydrogen-bond acceptors (Lipinski definition) is 4. The summed E-state index contributed by atoms with van der Waals surface area (Å²) in [6.07, 6.45) is 1.82. The van der Waals surface area contributed by atoms with Crippen LogP contribution in [0.2, 0.25) is 5.15 Å². The molecule has 1 atom stereocenters. The Hall–Kier alpha value is -1.36. The minimum absolute atomic E-state index is 0.283. The van der Waals surface area contributed by atoms with Crippen molar-refractivity contribution in [2.24, 2.45) is 5.92 Å². The summed E-state index contributed by atoms with van der Waals surface area (Å²) >= 11 is 5.68. The zero-order chi connectivity index (χ0) is 12.1. The summed E-state index contributed by atoms with van der Waals surface area (Å²) in [6, 6.07) is 0.837. The zero-order valence-corrected chi connectivity index (χ0v) is 9.90. The van der Waals surface area contributed by atoms with Crippen molar-refractivity contribution in [3.05, 3.63) is 17.5 Å². The third-order valence-corrected chi connectivity index (χ3v) is 2.17. The minimum atomic E-state index is -0.900. The van der Waals surface area contributed by atoms with Gasteiger partial charge in [0.25, 0.3) is 0 Å². The molecule has 0 saturated carbocycles. The quantitative estimate of drug-likeness (QED) is 0.774. The topological polar surface area (TPSA) is 75.1 Å². The van der Waals surface area contributed by atoms with E-state index in [2.05, 4.69) is 15.3 Å². The molecule has 0 aliphatic rings. The fourth-order valence-corrected chi connectivity index (χ4v) is 1.43. The molecule has 16 heavy (non-hydrogen) atoms. The first-order valence-electron chi connectivity index (χ1n) is 4.96. The number of halogens is 1. The lowest BCUT2D eigenvalue weighted by atomic mass is 10.0. The van der Waals surface area contributed by atoms with Gasteiger partial charge in [-0.15, -0.1) is 0 Å². The van der Waals surface area contributed by atoms with Gasteiger partial charge in [-0.3, -0.25) is 0 Å². The van der Waals surface area contributed by atoms with Crippen LogP contribution in [0, 0.1) is 5.92 Å². The highest BCUT2D eigenvalue weighted by atomic mass is 35.5. The van der Waals surface area contributed by atoms with E-state index >= 15 is 0 Å². The summed E-state index contributed by atoms with van der Waals surface area (Å²) in [7, 11) is 0. The Morgan fingerprint density at radius 3 is 2.75 bits per heavy atom. The molecule has 0 bridgehead atoms. The molecule has 88 valence electrons. The van der Waals surface area contributed by atoms with E-state index < -0.39 is 12.0 Å². The second kappa shape index (κ2) is 5.65. The second-order valence-electron chi connectivity index (χ2n) is 3.89. The number of rotatable bonds is 5. The third kappa shape index (κ3) is 4.02. The Morgan fingerprint density at radius 1 is 1.56 bits per heavy atom. The highest BCUT2D eigenvalue weighted by Crippen LogP contribution is 2.13. The number of anilines is 1. The number of aliphatic carboxylic acids is 1. The number of nitrogens with zero attached hydrogens (tertiary/aromatic N) is 2. The molecule has 1 rings (SSSR count). The molecule has 5 nitrogen and oxygen atoms in total. The fourth-order valence-electron chi connectivity index (χ4n) is 1.28. The average Bonchev–Trinajstić information content (AvgIpc) is 2.15. The van der Waals surface area contributed by atoms with Crippen molar-refractivity contribution in [2.45, 2.75) is 26.3 Å². The molecular formula is C10H14ClN3O2. The first kappa shape index (κ1) is 12.7. The number of carboxylic acids is 1. The van der Waals surface area contributed by atoms with Gasteiger partial charge in [0, 0.05) is 6.07 Å². The molecule has 1 heterocycles. The van der Waals surface area contributed by atoms with Gasteiger partial charge in [-0.1, -0.05) is 25.4 Å². The molecular weight excluding hydrogens is 230 g/mol. The molecule has 0 fully saturated rings. The van der Waals surface area contributed by atoms with E-state index in [1.165, 1.54) is 12.4 Å². The van der Waals surface area contributed by atoms with Crippen molar-refractivity contribution < 1.29 is 9.90 Å². The van der Waals surface area contributed by atoms with Crippen LogP contribution in [0.4, 0.5) is 5.82 Å². The molecule has 1 aromatic rings. The summed E-state index contributed by atoms with van der Waals surface area (Å²) < 4.78 is 0. The largest absolute Gasteiger partial charge is 0.480 e.